The third-order valence-corrected chi connectivity index (χ3v) is 18.3. The molecule has 3 aliphatic heterocycles. The van der Waals surface area contributed by atoms with Gasteiger partial charge in [-0.3, -0.25) is 67.3 Å². The standard InChI is InChI=1S/C64H103N17O17S/c1-7-35(4)51(63(97)98)78-59(93)47-18-12-28-79(47)60(94)42(25-31-99-6)74-56(90)43(33-49(84)85)75-54(88)40(15-10-27-70-64(68)69)72-55(89)41(23-24-48(67)83)73-57(91)45-16-11-29-80(45)61(95)44(32-37-19-21-38(82)22-20-37)76-58(92)46-17-13-30-81(46)62(96)50(34(2)3)77-52(86)36(5)71-53(87)39(66)14-8-9-26-65/h19-22,34-36,39-47,50-51,82H,7-18,23-33,65-66H2,1-6H3,(H2,67,83)(H,71,87)(H,72,89)(H,73,91)(H,74,90)(H,75,88)(H,76,92)(H,77,86)(H,78,93)(H,84,85)(H,97,98)(H4,68,69,70)/t35-,36-,39-,40-,41-,42-,43-,44-,45-,46-,47-,50-,51-/m0/s1. The minimum Gasteiger partial charge on any atom is -0.508 e. The monoisotopic (exact) mass is 1410 g/mol. The number of nitrogens with one attached hydrogen (secondary N) is 8. The third-order valence-electron chi connectivity index (χ3n) is 17.7. The molecule has 1 aromatic rings. The van der Waals surface area contributed by atoms with Crippen LogP contribution in [0.15, 0.2) is 29.3 Å². The number of aliphatic imine (C=N–C) groups is 1. The molecule has 34 nitrogen and oxygen atoms in total. The average molecular weight is 1410 g/mol. The molecular formula is C64H103N17O17S. The summed E-state index contributed by atoms with van der Waals surface area (Å²) in [6, 6.07) is -10.2. The summed E-state index contributed by atoms with van der Waals surface area (Å²) in [5, 5.41) is 50.7. The second-order valence-corrected chi connectivity index (χ2v) is 26.6. The van der Waals surface area contributed by atoms with E-state index >= 15 is 0 Å². The van der Waals surface area contributed by atoms with E-state index in [9.17, 15) is 82.4 Å². The summed E-state index contributed by atoms with van der Waals surface area (Å²) in [7, 11) is 0. The van der Waals surface area contributed by atoms with E-state index in [1.54, 1.807) is 34.0 Å². The number of aromatic hydroxyl groups is 1. The Labute approximate surface area is 580 Å². The van der Waals surface area contributed by atoms with E-state index in [2.05, 4.69) is 47.5 Å². The van der Waals surface area contributed by atoms with Crippen LogP contribution in [-0.4, -0.2) is 236 Å². The summed E-state index contributed by atoms with van der Waals surface area (Å²) in [5.74, 6) is -13.8. The van der Waals surface area contributed by atoms with Gasteiger partial charge in [-0.2, -0.15) is 11.8 Å². The normalized spacial score (nSPS) is 18.9. The molecule has 1 aromatic carbocycles. The highest BCUT2D eigenvalue weighted by molar-refractivity contribution is 7.98. The highest BCUT2D eigenvalue weighted by atomic mass is 32.2. The number of rotatable bonds is 41. The van der Waals surface area contributed by atoms with E-state index in [4.69, 9.17) is 28.7 Å². The molecule has 3 fully saturated rings. The van der Waals surface area contributed by atoms with Gasteiger partial charge in [0, 0.05) is 39.0 Å². The van der Waals surface area contributed by atoms with Gasteiger partial charge in [0.2, 0.25) is 70.9 Å². The number of thioether (sulfide) groups is 1. The molecule has 0 saturated carbocycles. The number of carboxylic acids is 2. The van der Waals surface area contributed by atoms with Gasteiger partial charge in [0.1, 0.15) is 72.2 Å². The molecular weight excluding hydrogens is 1310 g/mol. The van der Waals surface area contributed by atoms with Gasteiger partial charge in [0.15, 0.2) is 5.96 Å². The SMILES string of the molecule is CC[C@H](C)[C@H](NC(=O)[C@@H]1CCCN1C(=O)[C@H](CCSC)NC(=O)[C@H](CC(=O)O)NC(=O)[C@H](CCCN=C(N)N)NC(=O)[C@H](CCC(N)=O)NC(=O)[C@@H]1CCCN1C(=O)[C@H](Cc1ccc(O)cc1)NC(=O)[C@@H]1CCCN1C(=O)[C@@H](NC(=O)[C@H](C)NC(=O)[C@@H](N)CCCCN)C(C)C)C(=O)O. The van der Waals surface area contributed by atoms with Crippen molar-refractivity contribution in [2.45, 2.75) is 216 Å². The quantitative estimate of drug-likeness (QED) is 0.0173. The zero-order chi connectivity index (χ0) is 73.8. The number of primary amides is 1. The molecule has 21 N–H and O–H groups in total. The minimum absolute atomic E-state index is 0.0215. The van der Waals surface area contributed by atoms with Crippen LogP contribution < -0.4 is 71.2 Å². The van der Waals surface area contributed by atoms with E-state index in [1.165, 1.54) is 57.7 Å². The van der Waals surface area contributed by atoms with Crippen LogP contribution in [0, 0.1) is 11.8 Å². The Morgan fingerprint density at radius 1 is 0.576 bits per heavy atom. The van der Waals surface area contributed by atoms with Crippen molar-refractivity contribution in [2.75, 3.05) is 44.7 Å². The lowest BCUT2D eigenvalue weighted by molar-refractivity contribution is -0.146. The molecule has 99 heavy (non-hydrogen) atoms. The molecule has 35 heteroatoms. The zero-order valence-electron chi connectivity index (χ0n) is 57.3. The number of carbonyl (C=O) groups is 14. The number of nitrogens with two attached hydrogens (primary N) is 5. The topological polar surface area (TPSA) is 548 Å². The van der Waals surface area contributed by atoms with Crippen LogP contribution in [0.5, 0.6) is 5.75 Å². The smallest absolute Gasteiger partial charge is 0.326 e. The van der Waals surface area contributed by atoms with Gasteiger partial charge >= 0.3 is 11.9 Å². The molecule has 0 aromatic heterocycles. The number of aliphatic carboxylic acids is 2. The summed E-state index contributed by atoms with van der Waals surface area (Å²) in [4.78, 5) is 200. The maximum absolute atomic E-state index is 15.0. The summed E-state index contributed by atoms with van der Waals surface area (Å²) >= 11 is 1.31. The van der Waals surface area contributed by atoms with E-state index in [1.807, 2.05) is 0 Å². The van der Waals surface area contributed by atoms with Crippen LogP contribution in [0.3, 0.4) is 0 Å². The van der Waals surface area contributed by atoms with Crippen molar-refractivity contribution in [1.29, 1.82) is 0 Å². The molecule has 0 aliphatic carbocycles. The highest BCUT2D eigenvalue weighted by Crippen LogP contribution is 2.26. The highest BCUT2D eigenvalue weighted by Gasteiger charge is 2.45. The van der Waals surface area contributed by atoms with Gasteiger partial charge in [-0.15, -0.1) is 0 Å². The van der Waals surface area contributed by atoms with Crippen LogP contribution in [0.4, 0.5) is 0 Å². The average Bonchev–Trinajstić information content (AvgIpc) is 1.72. The number of hydrogen-bond acceptors (Lipinski definition) is 19. The van der Waals surface area contributed by atoms with Crippen LogP contribution in [0.2, 0.25) is 0 Å². The number of unbranched alkanes of at least 4 members (excludes halogenated alkanes) is 1. The predicted octanol–water partition coefficient (Wildman–Crippen LogP) is -3.40. The number of likely N-dealkylation sites (tertiary alicyclic amines) is 3. The predicted molar refractivity (Wildman–Crippen MR) is 364 cm³/mol. The second-order valence-electron chi connectivity index (χ2n) is 25.6. The lowest BCUT2D eigenvalue weighted by atomic mass is 9.98. The number of amides is 12. The number of carboxylic acid groups (broad SMARTS) is 2. The molecule has 4 rings (SSSR count). The lowest BCUT2D eigenvalue weighted by Crippen LogP contribution is -2.61. The molecule has 13 atom stereocenters. The summed E-state index contributed by atoms with van der Waals surface area (Å²) in [5.41, 5.74) is 28.7. The molecule has 12 amide bonds. The number of hydrogen-bond donors (Lipinski definition) is 16. The van der Waals surface area contributed by atoms with Gasteiger partial charge in [-0.1, -0.05) is 52.7 Å². The second kappa shape index (κ2) is 40.9. The number of guanidine groups is 1. The van der Waals surface area contributed by atoms with E-state index < -0.39 is 186 Å². The Balaban J connectivity index is 1.59. The van der Waals surface area contributed by atoms with E-state index in [0.717, 1.165) is 0 Å². The van der Waals surface area contributed by atoms with Crippen LogP contribution in [-0.2, 0) is 73.5 Å². The summed E-state index contributed by atoms with van der Waals surface area (Å²) in [6.45, 7) is 8.70. The van der Waals surface area contributed by atoms with Gasteiger partial charge in [-0.05, 0) is 132 Å². The Morgan fingerprint density at radius 2 is 1.08 bits per heavy atom. The summed E-state index contributed by atoms with van der Waals surface area (Å²) < 4.78 is 0. The molecule has 3 aliphatic rings. The molecule has 0 unspecified atom stereocenters. The third kappa shape index (κ3) is 25.7. The molecule has 0 bridgehead atoms. The zero-order valence-corrected chi connectivity index (χ0v) is 58.1. The molecule has 3 heterocycles. The van der Waals surface area contributed by atoms with E-state index in [0.29, 0.717) is 50.6 Å². The fourth-order valence-corrected chi connectivity index (χ4v) is 12.3. The van der Waals surface area contributed by atoms with Crippen LogP contribution in [0.25, 0.3) is 0 Å². The lowest BCUT2D eigenvalue weighted by Gasteiger charge is -2.33. The molecule has 552 valence electrons. The van der Waals surface area contributed by atoms with E-state index in [-0.39, 0.29) is 95.0 Å². The summed E-state index contributed by atoms with van der Waals surface area (Å²) in [6.07, 6.45) is 2.59. The Hall–Kier alpha value is -8.86. The Bertz CT molecular complexity index is 3030. The fourth-order valence-electron chi connectivity index (χ4n) is 11.9. The van der Waals surface area contributed by atoms with Crippen molar-refractivity contribution in [3.63, 3.8) is 0 Å². The van der Waals surface area contributed by atoms with Crippen molar-refractivity contribution in [1.82, 2.24) is 57.2 Å². The Morgan fingerprint density at radius 3 is 1.59 bits per heavy atom. The molecule has 0 spiro atoms. The minimum atomic E-state index is -1.91. The number of carbonyl (C=O) groups excluding carboxylic acids is 12. The first-order valence-electron chi connectivity index (χ1n) is 33.7. The first-order chi connectivity index (χ1) is 46.8. The number of phenols is 1. The molecule has 3 saturated heterocycles. The van der Waals surface area contributed by atoms with Crippen LogP contribution >= 0.6 is 11.8 Å². The number of phenolic OH excluding ortho intramolecular Hbond substituents is 1. The largest absolute Gasteiger partial charge is 0.508 e. The van der Waals surface area contributed by atoms with Crippen molar-refractivity contribution in [3.05, 3.63) is 29.8 Å². The van der Waals surface area contributed by atoms with Crippen molar-refractivity contribution < 1.29 is 82.4 Å². The van der Waals surface area contributed by atoms with Gasteiger partial charge < -0.3 is 101 Å². The van der Waals surface area contributed by atoms with Gasteiger partial charge in [-0.25, -0.2) is 4.79 Å². The first kappa shape index (κ1) is 82.6. The van der Waals surface area contributed by atoms with Crippen molar-refractivity contribution in [2.24, 2.45) is 45.5 Å². The van der Waals surface area contributed by atoms with Gasteiger partial charge in [0.25, 0.3) is 0 Å². The number of benzene rings is 1. The molecule has 0 radical (unpaired) electrons. The van der Waals surface area contributed by atoms with Crippen LogP contribution in [0.1, 0.15) is 143 Å². The van der Waals surface area contributed by atoms with Crippen molar-refractivity contribution >= 4 is 101 Å². The van der Waals surface area contributed by atoms with Gasteiger partial charge in [0.05, 0.1) is 12.5 Å². The first-order valence-corrected chi connectivity index (χ1v) is 35.1. The maximum atomic E-state index is 15.0. The fraction of sp³-hybridized carbons (Fsp3) is 0.672. The number of nitrogens with zero attached hydrogens (tertiary/aromatic N) is 4. The maximum Gasteiger partial charge on any atom is 0.326 e. The van der Waals surface area contributed by atoms with Crippen molar-refractivity contribution in [3.8, 4) is 5.75 Å². The Kier molecular flexibility index (Phi) is 34.1.